The van der Waals surface area contributed by atoms with Crippen LogP contribution in [0, 0.1) is 0 Å². The highest BCUT2D eigenvalue weighted by atomic mass is 32.2. The minimum absolute atomic E-state index is 0.0474. The zero-order valence-corrected chi connectivity index (χ0v) is 25.9. The van der Waals surface area contributed by atoms with E-state index in [-0.39, 0.29) is 43.8 Å². The first-order valence-electron chi connectivity index (χ1n) is 14.7. The Morgan fingerprint density at radius 1 is 0.907 bits per heavy atom. The summed E-state index contributed by atoms with van der Waals surface area (Å²) in [5.41, 5.74) is 2.29. The molecule has 0 saturated carbocycles. The number of sulfonamides is 1. The number of hydrogen-bond donors (Lipinski definition) is 1. The van der Waals surface area contributed by atoms with Crippen LogP contribution in [0.25, 0.3) is 0 Å². The Morgan fingerprint density at radius 2 is 1.53 bits per heavy atom. The van der Waals surface area contributed by atoms with Crippen LogP contribution < -0.4 is 19.1 Å². The third kappa shape index (κ3) is 8.97. The smallest absolute Gasteiger partial charge is 0.243 e. The van der Waals surface area contributed by atoms with Crippen LogP contribution in [0.2, 0.25) is 0 Å². The molecule has 0 radical (unpaired) electrons. The number of benzene rings is 3. The predicted molar refractivity (Wildman–Crippen MR) is 168 cm³/mol. The van der Waals surface area contributed by atoms with Crippen LogP contribution in [-0.4, -0.2) is 63.2 Å². The van der Waals surface area contributed by atoms with E-state index in [1.807, 2.05) is 74.5 Å². The van der Waals surface area contributed by atoms with Crippen molar-refractivity contribution in [2.24, 2.45) is 0 Å². The summed E-state index contributed by atoms with van der Waals surface area (Å²) in [7, 11) is -3.65. The highest BCUT2D eigenvalue weighted by molar-refractivity contribution is 7.92. The molecule has 4 rings (SSSR count). The van der Waals surface area contributed by atoms with Crippen LogP contribution >= 0.6 is 0 Å². The van der Waals surface area contributed by atoms with E-state index in [4.69, 9.17) is 9.47 Å². The molecule has 9 nitrogen and oxygen atoms in total. The number of fused-ring (bicyclic) bond motifs is 1. The Hall–Kier alpha value is -4.05. The van der Waals surface area contributed by atoms with Gasteiger partial charge in [-0.2, -0.15) is 0 Å². The molecule has 0 saturated heterocycles. The monoisotopic (exact) mass is 607 g/mol. The second-order valence-corrected chi connectivity index (χ2v) is 12.7. The number of ether oxygens (including phenoxy) is 2. The van der Waals surface area contributed by atoms with E-state index in [0.717, 1.165) is 23.8 Å². The van der Waals surface area contributed by atoms with Crippen molar-refractivity contribution in [3.8, 4) is 11.5 Å². The summed E-state index contributed by atoms with van der Waals surface area (Å²) in [5, 5.41) is 3.07. The van der Waals surface area contributed by atoms with Gasteiger partial charge in [-0.3, -0.25) is 13.9 Å². The molecular weight excluding hydrogens is 566 g/mol. The van der Waals surface area contributed by atoms with Gasteiger partial charge in [0.1, 0.15) is 19.3 Å². The maximum Gasteiger partial charge on any atom is 0.243 e. The number of nitrogens with zero attached hydrogens (tertiary/aromatic N) is 2. The van der Waals surface area contributed by atoms with Crippen molar-refractivity contribution >= 4 is 27.5 Å². The Labute approximate surface area is 254 Å². The molecule has 3 aromatic rings. The van der Waals surface area contributed by atoms with E-state index in [9.17, 15) is 18.0 Å². The number of rotatable bonds is 14. The van der Waals surface area contributed by atoms with Gasteiger partial charge in [0, 0.05) is 38.0 Å². The third-order valence-corrected chi connectivity index (χ3v) is 8.63. The molecule has 230 valence electrons. The number of carbonyl (C=O) groups is 2. The van der Waals surface area contributed by atoms with Gasteiger partial charge in [-0.1, -0.05) is 67.6 Å². The summed E-state index contributed by atoms with van der Waals surface area (Å²) in [5.74, 6) is 0.616. The van der Waals surface area contributed by atoms with Crippen molar-refractivity contribution < 1.29 is 27.5 Å². The molecule has 1 N–H and O–H groups in total. The van der Waals surface area contributed by atoms with Crippen molar-refractivity contribution in [2.45, 2.75) is 58.2 Å². The molecule has 1 aliphatic rings. The van der Waals surface area contributed by atoms with E-state index >= 15 is 0 Å². The van der Waals surface area contributed by atoms with Crippen LogP contribution in [-0.2, 0) is 32.6 Å². The van der Waals surface area contributed by atoms with Crippen LogP contribution in [0.3, 0.4) is 0 Å². The van der Waals surface area contributed by atoms with Gasteiger partial charge in [-0.05, 0) is 43.0 Å². The number of amides is 2. The molecule has 0 aliphatic carbocycles. The summed E-state index contributed by atoms with van der Waals surface area (Å²) < 4.78 is 38.1. The van der Waals surface area contributed by atoms with Crippen LogP contribution in [0.5, 0.6) is 11.5 Å². The normalized spacial score (nSPS) is 13.9. The second kappa shape index (κ2) is 14.9. The van der Waals surface area contributed by atoms with Gasteiger partial charge < -0.3 is 19.7 Å². The summed E-state index contributed by atoms with van der Waals surface area (Å²) in [6, 6.07) is 23.4. The lowest BCUT2D eigenvalue weighted by Gasteiger charge is -2.32. The minimum Gasteiger partial charge on any atom is -0.486 e. The molecule has 0 bridgehead atoms. The zero-order valence-electron chi connectivity index (χ0n) is 25.1. The SMILES string of the molecule is CCC(C)NC(=O)C(Cc1ccccc1)N(Cc1ccccc1)C(=O)CCCN(c1ccc2c(c1)OCCO2)S(C)(=O)=O. The van der Waals surface area contributed by atoms with Crippen LogP contribution in [0.1, 0.15) is 44.2 Å². The average Bonchev–Trinajstić information content (AvgIpc) is 3.01. The molecule has 0 aromatic heterocycles. The van der Waals surface area contributed by atoms with Crippen LogP contribution in [0.4, 0.5) is 5.69 Å². The minimum atomic E-state index is -3.65. The number of hydrogen-bond acceptors (Lipinski definition) is 6. The molecule has 1 aliphatic heterocycles. The van der Waals surface area contributed by atoms with E-state index in [0.29, 0.717) is 36.8 Å². The van der Waals surface area contributed by atoms with Gasteiger partial charge in [-0.25, -0.2) is 8.42 Å². The fourth-order valence-electron chi connectivity index (χ4n) is 4.97. The second-order valence-electron chi connectivity index (χ2n) is 10.8. The van der Waals surface area contributed by atoms with Gasteiger partial charge in [0.25, 0.3) is 0 Å². The fraction of sp³-hybridized carbons (Fsp3) is 0.394. The fourth-order valence-corrected chi connectivity index (χ4v) is 5.92. The zero-order chi connectivity index (χ0) is 30.8. The number of anilines is 1. The first-order chi connectivity index (χ1) is 20.7. The van der Waals surface area contributed by atoms with E-state index in [1.165, 1.54) is 4.31 Å². The lowest BCUT2D eigenvalue weighted by molar-refractivity contribution is -0.141. The van der Waals surface area contributed by atoms with Gasteiger partial charge in [0.15, 0.2) is 11.5 Å². The van der Waals surface area contributed by atoms with E-state index in [2.05, 4.69) is 5.32 Å². The molecule has 0 spiro atoms. The standard InChI is InChI=1S/C33H41N3O6S/c1-4-25(2)34-33(38)29(22-26-12-7-5-8-13-26)35(24-27-14-9-6-10-15-27)32(37)16-11-19-36(43(3,39)40)28-17-18-30-31(23-28)42-21-20-41-30/h5-10,12-15,17-18,23,25,29H,4,11,16,19-22,24H2,1-3H3,(H,34,38). The van der Waals surface area contributed by atoms with Crippen molar-refractivity contribution in [3.05, 3.63) is 90.0 Å². The first-order valence-corrected chi connectivity index (χ1v) is 16.6. The molecule has 43 heavy (non-hydrogen) atoms. The maximum absolute atomic E-state index is 13.9. The van der Waals surface area contributed by atoms with Crippen molar-refractivity contribution in [3.63, 3.8) is 0 Å². The highest BCUT2D eigenvalue weighted by Crippen LogP contribution is 2.34. The predicted octanol–water partition coefficient (Wildman–Crippen LogP) is 4.56. The molecule has 2 unspecified atom stereocenters. The van der Waals surface area contributed by atoms with Crippen LogP contribution in [0.15, 0.2) is 78.9 Å². The van der Waals surface area contributed by atoms with Gasteiger partial charge in [0.2, 0.25) is 21.8 Å². The molecule has 1 heterocycles. The molecule has 2 atom stereocenters. The lowest BCUT2D eigenvalue weighted by atomic mass is 10.0. The largest absolute Gasteiger partial charge is 0.486 e. The first kappa shape index (κ1) is 31.9. The molecule has 10 heteroatoms. The van der Waals surface area contributed by atoms with Crippen molar-refractivity contribution in [1.29, 1.82) is 0 Å². The number of nitrogens with one attached hydrogen (secondary N) is 1. The van der Waals surface area contributed by atoms with Gasteiger partial charge >= 0.3 is 0 Å². The quantitative estimate of drug-likeness (QED) is 0.288. The number of carbonyl (C=O) groups excluding carboxylic acids is 2. The van der Waals surface area contributed by atoms with Gasteiger partial charge in [-0.15, -0.1) is 0 Å². The topological polar surface area (TPSA) is 105 Å². The maximum atomic E-state index is 13.9. The molecule has 2 amide bonds. The Bertz CT molecular complexity index is 1470. The summed E-state index contributed by atoms with van der Waals surface area (Å²) >= 11 is 0. The van der Waals surface area contributed by atoms with Crippen molar-refractivity contribution in [1.82, 2.24) is 10.2 Å². The summed E-state index contributed by atoms with van der Waals surface area (Å²) in [6.07, 6.45) is 2.58. The Balaban J connectivity index is 1.56. The van der Waals surface area contributed by atoms with E-state index < -0.39 is 16.1 Å². The lowest BCUT2D eigenvalue weighted by Crippen LogP contribution is -2.52. The molecule has 0 fully saturated rings. The molecule has 3 aromatic carbocycles. The van der Waals surface area contributed by atoms with Crippen molar-refractivity contribution in [2.75, 3.05) is 30.3 Å². The Kier molecular flexibility index (Phi) is 11.1. The average molecular weight is 608 g/mol. The van der Waals surface area contributed by atoms with E-state index in [1.54, 1.807) is 23.1 Å². The third-order valence-electron chi connectivity index (χ3n) is 7.43. The highest BCUT2D eigenvalue weighted by Gasteiger charge is 2.31. The summed E-state index contributed by atoms with van der Waals surface area (Å²) in [4.78, 5) is 29.2. The molecular formula is C33H41N3O6S. The van der Waals surface area contributed by atoms with Gasteiger partial charge in [0.05, 0.1) is 11.9 Å². The Morgan fingerprint density at radius 3 is 2.16 bits per heavy atom. The summed E-state index contributed by atoms with van der Waals surface area (Å²) in [6.45, 7) is 5.10.